The molecule has 0 aliphatic carbocycles. The minimum absolute atomic E-state index is 0.0836. The average Bonchev–Trinajstić information content (AvgIpc) is 2.55. The van der Waals surface area contributed by atoms with Gasteiger partial charge >= 0.3 is 0 Å². The second-order valence-corrected chi connectivity index (χ2v) is 7.29. The molecule has 0 radical (unpaired) electrons. The first-order valence-electron chi connectivity index (χ1n) is 9.00. The molecule has 4 nitrogen and oxygen atoms in total. The lowest BCUT2D eigenvalue weighted by Gasteiger charge is -2.41. The smallest absolute Gasteiger partial charge is 0.239 e. The van der Waals surface area contributed by atoms with Gasteiger partial charge in [-0.05, 0) is 64.1 Å². The predicted molar refractivity (Wildman–Crippen MR) is 85.2 cm³/mol. The molecule has 0 saturated carbocycles. The van der Waals surface area contributed by atoms with Crippen LogP contribution in [-0.2, 0) is 4.79 Å². The van der Waals surface area contributed by atoms with E-state index < -0.39 is 0 Å². The summed E-state index contributed by atoms with van der Waals surface area (Å²) in [6.45, 7) is 7.76. The number of rotatable bonds is 2. The Kier molecular flexibility index (Phi) is 5.17. The molecule has 0 aromatic rings. The average molecular weight is 293 g/mol. The van der Waals surface area contributed by atoms with Crippen molar-refractivity contribution in [1.82, 2.24) is 15.1 Å². The van der Waals surface area contributed by atoms with Crippen molar-refractivity contribution < 1.29 is 4.79 Å². The molecule has 2 unspecified atom stereocenters. The van der Waals surface area contributed by atoms with Gasteiger partial charge < -0.3 is 15.1 Å². The quantitative estimate of drug-likeness (QED) is 0.844. The van der Waals surface area contributed by atoms with Crippen LogP contribution in [0.3, 0.4) is 0 Å². The molecule has 1 amide bonds. The summed E-state index contributed by atoms with van der Waals surface area (Å²) in [6.07, 6.45) is 8.71. The highest BCUT2D eigenvalue weighted by molar-refractivity contribution is 5.82. The zero-order chi connectivity index (χ0) is 14.7. The number of carbonyl (C=O) groups is 1. The van der Waals surface area contributed by atoms with Gasteiger partial charge in [0.25, 0.3) is 0 Å². The minimum Gasteiger partial charge on any atom is -0.341 e. The summed E-state index contributed by atoms with van der Waals surface area (Å²) < 4.78 is 0. The number of nitrogens with one attached hydrogen (secondary N) is 1. The number of hydrogen-bond acceptors (Lipinski definition) is 3. The molecule has 21 heavy (non-hydrogen) atoms. The van der Waals surface area contributed by atoms with Gasteiger partial charge in [-0.25, -0.2) is 0 Å². The van der Waals surface area contributed by atoms with Crippen LogP contribution in [0, 0.1) is 5.92 Å². The van der Waals surface area contributed by atoms with Gasteiger partial charge in [0.2, 0.25) is 5.91 Å². The molecule has 1 N–H and O–H groups in total. The molecule has 3 rings (SSSR count). The first-order chi connectivity index (χ1) is 10.2. The lowest BCUT2D eigenvalue weighted by Crippen LogP contribution is -2.54. The van der Waals surface area contributed by atoms with Gasteiger partial charge in [0, 0.05) is 19.1 Å². The van der Waals surface area contributed by atoms with Crippen molar-refractivity contribution in [1.29, 1.82) is 0 Å². The van der Waals surface area contributed by atoms with E-state index >= 15 is 0 Å². The topological polar surface area (TPSA) is 35.6 Å². The van der Waals surface area contributed by atoms with Gasteiger partial charge in [-0.1, -0.05) is 13.3 Å². The number of amides is 1. The molecule has 2 atom stereocenters. The first-order valence-corrected chi connectivity index (χ1v) is 9.00. The highest BCUT2D eigenvalue weighted by Gasteiger charge is 2.32. The Bertz CT molecular complexity index is 346. The molecule has 0 aromatic heterocycles. The standard InChI is InChI=1S/C17H31N3O/c1-14-5-8-18-16(13-14)17(21)20-11-6-15(7-12-20)19-9-3-2-4-10-19/h14-16,18H,2-13H2,1H3. The normalized spacial score (nSPS) is 33.1. The third-order valence-corrected chi connectivity index (χ3v) is 5.65. The second-order valence-electron chi connectivity index (χ2n) is 7.29. The third kappa shape index (κ3) is 3.78. The van der Waals surface area contributed by atoms with Gasteiger partial charge in [0.05, 0.1) is 6.04 Å². The zero-order valence-corrected chi connectivity index (χ0v) is 13.5. The van der Waals surface area contributed by atoms with Crippen LogP contribution in [0.2, 0.25) is 0 Å². The third-order valence-electron chi connectivity index (χ3n) is 5.65. The Morgan fingerprint density at radius 3 is 2.38 bits per heavy atom. The van der Waals surface area contributed by atoms with Crippen molar-refractivity contribution in [3.8, 4) is 0 Å². The van der Waals surface area contributed by atoms with Crippen molar-refractivity contribution in [2.45, 2.75) is 64.0 Å². The van der Waals surface area contributed by atoms with Crippen molar-refractivity contribution in [2.24, 2.45) is 5.92 Å². The molecule has 3 aliphatic heterocycles. The van der Waals surface area contributed by atoms with Gasteiger partial charge in [-0.3, -0.25) is 4.79 Å². The lowest BCUT2D eigenvalue weighted by molar-refractivity contribution is -0.136. The van der Waals surface area contributed by atoms with Gasteiger partial charge in [0.1, 0.15) is 0 Å². The summed E-state index contributed by atoms with van der Waals surface area (Å²) in [6, 6.07) is 0.813. The van der Waals surface area contributed by atoms with E-state index in [0.717, 1.165) is 32.1 Å². The number of piperidine rings is 3. The second kappa shape index (κ2) is 7.10. The maximum absolute atomic E-state index is 12.6. The van der Waals surface area contributed by atoms with Crippen LogP contribution < -0.4 is 5.32 Å². The summed E-state index contributed by atoms with van der Waals surface area (Å²) in [7, 11) is 0. The van der Waals surface area contributed by atoms with Crippen LogP contribution in [-0.4, -0.2) is 60.5 Å². The molecule has 3 aliphatic rings. The Morgan fingerprint density at radius 1 is 1.00 bits per heavy atom. The van der Waals surface area contributed by atoms with E-state index in [-0.39, 0.29) is 6.04 Å². The van der Waals surface area contributed by atoms with E-state index in [1.807, 2.05) is 0 Å². The van der Waals surface area contributed by atoms with Gasteiger partial charge in [0.15, 0.2) is 0 Å². The van der Waals surface area contributed by atoms with Gasteiger partial charge in [-0.15, -0.1) is 0 Å². The predicted octanol–water partition coefficient (Wildman–Crippen LogP) is 1.85. The summed E-state index contributed by atoms with van der Waals surface area (Å²) in [5.41, 5.74) is 0. The minimum atomic E-state index is 0.0836. The van der Waals surface area contributed by atoms with Crippen LogP contribution in [0.4, 0.5) is 0 Å². The van der Waals surface area contributed by atoms with Crippen LogP contribution in [0.15, 0.2) is 0 Å². The highest BCUT2D eigenvalue weighted by Crippen LogP contribution is 2.23. The molecule has 3 heterocycles. The maximum atomic E-state index is 12.6. The molecule has 3 fully saturated rings. The van der Waals surface area contributed by atoms with Crippen molar-refractivity contribution >= 4 is 5.91 Å². The summed E-state index contributed by atoms with van der Waals surface area (Å²) in [5.74, 6) is 1.05. The van der Waals surface area contributed by atoms with E-state index in [9.17, 15) is 4.79 Å². The monoisotopic (exact) mass is 293 g/mol. The summed E-state index contributed by atoms with van der Waals surface area (Å²) >= 11 is 0. The fraction of sp³-hybridized carbons (Fsp3) is 0.941. The largest absolute Gasteiger partial charge is 0.341 e. The molecule has 4 heteroatoms. The summed E-state index contributed by atoms with van der Waals surface area (Å²) in [4.78, 5) is 17.4. The molecular formula is C17H31N3O. The Balaban J connectivity index is 1.47. The van der Waals surface area contributed by atoms with Gasteiger partial charge in [-0.2, -0.15) is 0 Å². The molecule has 0 aromatic carbocycles. The van der Waals surface area contributed by atoms with Crippen LogP contribution in [0.1, 0.15) is 51.9 Å². The first kappa shape index (κ1) is 15.3. The number of hydrogen-bond donors (Lipinski definition) is 1. The van der Waals surface area contributed by atoms with Crippen molar-refractivity contribution in [3.05, 3.63) is 0 Å². The molecule has 3 saturated heterocycles. The SMILES string of the molecule is CC1CCNC(C(=O)N2CCC(N3CCCCC3)CC2)C1. The lowest BCUT2D eigenvalue weighted by atomic mass is 9.92. The molecule has 120 valence electrons. The van der Waals surface area contributed by atoms with E-state index in [4.69, 9.17) is 0 Å². The fourth-order valence-corrected chi connectivity index (χ4v) is 4.25. The van der Waals surface area contributed by atoms with Crippen LogP contribution >= 0.6 is 0 Å². The Labute approximate surface area is 129 Å². The van der Waals surface area contributed by atoms with Crippen LogP contribution in [0.5, 0.6) is 0 Å². The molecule has 0 bridgehead atoms. The number of nitrogens with zero attached hydrogens (tertiary/aromatic N) is 2. The van der Waals surface area contributed by atoms with E-state index in [0.29, 0.717) is 11.8 Å². The van der Waals surface area contributed by atoms with E-state index in [2.05, 4.69) is 22.0 Å². The van der Waals surface area contributed by atoms with Crippen molar-refractivity contribution in [2.75, 3.05) is 32.7 Å². The maximum Gasteiger partial charge on any atom is 0.239 e. The zero-order valence-electron chi connectivity index (χ0n) is 13.5. The number of likely N-dealkylation sites (tertiary alicyclic amines) is 2. The van der Waals surface area contributed by atoms with Crippen LogP contribution in [0.25, 0.3) is 0 Å². The Hall–Kier alpha value is -0.610. The number of carbonyl (C=O) groups excluding carboxylic acids is 1. The highest BCUT2D eigenvalue weighted by atomic mass is 16.2. The molecular weight excluding hydrogens is 262 g/mol. The van der Waals surface area contributed by atoms with E-state index in [1.54, 1.807) is 0 Å². The van der Waals surface area contributed by atoms with Crippen molar-refractivity contribution in [3.63, 3.8) is 0 Å². The molecule has 0 spiro atoms. The fourth-order valence-electron chi connectivity index (χ4n) is 4.25. The Morgan fingerprint density at radius 2 is 1.71 bits per heavy atom. The summed E-state index contributed by atoms with van der Waals surface area (Å²) in [5, 5.41) is 3.42. The van der Waals surface area contributed by atoms with E-state index in [1.165, 1.54) is 51.6 Å².